The Hall–Kier alpha value is -0.740. The fourth-order valence-corrected chi connectivity index (χ4v) is 1.44. The molecule has 0 aromatic heterocycles. The zero-order valence-electron chi connectivity index (χ0n) is 8.03. The lowest BCUT2D eigenvalue weighted by atomic mass is 10.1. The summed E-state index contributed by atoms with van der Waals surface area (Å²) in [6.07, 6.45) is 0. The molecule has 14 heavy (non-hydrogen) atoms. The lowest BCUT2D eigenvalue weighted by Crippen LogP contribution is -2.19. The number of carbonyl (C=O) groups excluding carboxylic acids is 1. The van der Waals surface area contributed by atoms with E-state index in [1.165, 1.54) is 6.07 Å². The van der Waals surface area contributed by atoms with Crippen molar-refractivity contribution in [3.8, 4) is 0 Å². The van der Waals surface area contributed by atoms with E-state index in [4.69, 9.17) is 0 Å². The highest BCUT2D eigenvalue weighted by Gasteiger charge is 2.13. The number of benzene rings is 1. The van der Waals surface area contributed by atoms with Gasteiger partial charge in [-0.25, -0.2) is 4.39 Å². The van der Waals surface area contributed by atoms with Crippen molar-refractivity contribution in [2.45, 2.75) is 6.92 Å². The molecule has 4 heteroatoms. The summed E-state index contributed by atoms with van der Waals surface area (Å²) < 4.78 is 14.2. The maximum atomic E-state index is 13.6. The van der Waals surface area contributed by atoms with E-state index in [0.717, 1.165) is 0 Å². The second-order valence-electron chi connectivity index (χ2n) is 2.99. The molecular formula is C10H11BrFNO. The zero-order chi connectivity index (χ0) is 10.7. The van der Waals surface area contributed by atoms with Gasteiger partial charge in [0.1, 0.15) is 5.82 Å². The summed E-state index contributed by atoms with van der Waals surface area (Å²) in [5.74, 6) is -0.680. The normalized spacial score (nSPS) is 10.3. The third-order valence-electron chi connectivity index (χ3n) is 1.96. The molecule has 0 radical (unpaired) electrons. The van der Waals surface area contributed by atoms with Gasteiger partial charge < -0.3 is 5.32 Å². The molecule has 0 aliphatic heterocycles. The fourth-order valence-electron chi connectivity index (χ4n) is 1.13. The quantitative estimate of drug-likeness (QED) is 0.845. The van der Waals surface area contributed by atoms with Gasteiger partial charge in [0, 0.05) is 4.47 Å². The van der Waals surface area contributed by atoms with Gasteiger partial charge in [-0.15, -0.1) is 0 Å². The van der Waals surface area contributed by atoms with E-state index in [2.05, 4.69) is 21.2 Å². The minimum atomic E-state index is -0.445. The van der Waals surface area contributed by atoms with Crippen LogP contribution in [-0.4, -0.2) is 19.4 Å². The van der Waals surface area contributed by atoms with Crippen molar-refractivity contribution in [3.05, 3.63) is 33.5 Å². The average Bonchev–Trinajstić information content (AvgIpc) is 2.15. The smallest absolute Gasteiger partial charge is 0.179 e. The van der Waals surface area contributed by atoms with Crippen LogP contribution in [0.15, 0.2) is 16.6 Å². The molecule has 0 saturated carbocycles. The zero-order valence-corrected chi connectivity index (χ0v) is 9.61. The van der Waals surface area contributed by atoms with Crippen LogP contribution >= 0.6 is 15.9 Å². The molecule has 2 nitrogen and oxygen atoms in total. The number of hydrogen-bond acceptors (Lipinski definition) is 2. The van der Waals surface area contributed by atoms with Gasteiger partial charge >= 0.3 is 0 Å². The second-order valence-corrected chi connectivity index (χ2v) is 3.84. The Morgan fingerprint density at radius 2 is 2.21 bits per heavy atom. The first kappa shape index (κ1) is 11.3. The van der Waals surface area contributed by atoms with Gasteiger partial charge in [0.15, 0.2) is 5.78 Å². The Morgan fingerprint density at radius 1 is 1.57 bits per heavy atom. The first-order valence-electron chi connectivity index (χ1n) is 4.20. The number of carbonyl (C=O) groups is 1. The second kappa shape index (κ2) is 4.66. The van der Waals surface area contributed by atoms with Gasteiger partial charge in [0.05, 0.1) is 12.1 Å². The Morgan fingerprint density at radius 3 is 2.79 bits per heavy atom. The van der Waals surface area contributed by atoms with Crippen LogP contribution in [0.3, 0.4) is 0 Å². The Balaban J connectivity index is 3.11. The number of ketones is 1. The van der Waals surface area contributed by atoms with Crippen molar-refractivity contribution in [3.63, 3.8) is 0 Å². The van der Waals surface area contributed by atoms with Gasteiger partial charge in [-0.3, -0.25) is 4.79 Å². The molecule has 0 spiro atoms. The van der Waals surface area contributed by atoms with Gasteiger partial charge in [-0.2, -0.15) is 0 Å². The van der Waals surface area contributed by atoms with Crippen LogP contribution < -0.4 is 5.32 Å². The lowest BCUT2D eigenvalue weighted by molar-refractivity contribution is 0.0989. The van der Waals surface area contributed by atoms with E-state index in [1.54, 1.807) is 20.0 Å². The Bertz CT molecular complexity index is 365. The molecule has 76 valence electrons. The summed E-state index contributed by atoms with van der Waals surface area (Å²) in [6.45, 7) is 1.79. The van der Waals surface area contributed by atoms with Gasteiger partial charge in [-0.05, 0) is 31.7 Å². The van der Waals surface area contributed by atoms with Crippen LogP contribution in [0.4, 0.5) is 4.39 Å². The van der Waals surface area contributed by atoms with Crippen molar-refractivity contribution in [1.82, 2.24) is 5.32 Å². The van der Waals surface area contributed by atoms with E-state index < -0.39 is 5.82 Å². The molecule has 0 fully saturated rings. The van der Waals surface area contributed by atoms with Crippen LogP contribution in [0, 0.1) is 12.7 Å². The van der Waals surface area contributed by atoms with Crippen LogP contribution in [-0.2, 0) is 0 Å². The summed E-state index contributed by atoms with van der Waals surface area (Å²) in [4.78, 5) is 11.4. The molecule has 0 aliphatic rings. The standard InChI is InChI=1S/C10H11BrFNO/c1-6-8(11)4-3-7(10(6)12)9(14)5-13-2/h3-4,13H,5H2,1-2H3. The minimum Gasteiger partial charge on any atom is -0.313 e. The van der Waals surface area contributed by atoms with Crippen LogP contribution in [0.2, 0.25) is 0 Å². The van der Waals surface area contributed by atoms with Gasteiger partial charge in [-0.1, -0.05) is 15.9 Å². The highest BCUT2D eigenvalue weighted by Crippen LogP contribution is 2.21. The summed E-state index contributed by atoms with van der Waals surface area (Å²) in [5.41, 5.74) is 0.604. The average molecular weight is 260 g/mol. The Labute approximate surface area is 90.6 Å². The predicted octanol–water partition coefficient (Wildman–Crippen LogP) is 2.30. The summed E-state index contributed by atoms with van der Waals surface area (Å²) in [6, 6.07) is 3.17. The lowest BCUT2D eigenvalue weighted by Gasteiger charge is -2.05. The van der Waals surface area contributed by atoms with Crippen LogP contribution in [0.1, 0.15) is 15.9 Å². The highest BCUT2D eigenvalue weighted by molar-refractivity contribution is 9.10. The summed E-state index contributed by atoms with van der Waals surface area (Å²) in [5, 5.41) is 2.70. The molecule has 1 rings (SSSR count). The largest absolute Gasteiger partial charge is 0.313 e. The number of nitrogens with one attached hydrogen (secondary N) is 1. The molecule has 0 bridgehead atoms. The van der Waals surface area contributed by atoms with Crippen molar-refractivity contribution in [2.75, 3.05) is 13.6 Å². The van der Waals surface area contributed by atoms with Crippen LogP contribution in [0.25, 0.3) is 0 Å². The molecule has 0 unspecified atom stereocenters. The molecular weight excluding hydrogens is 249 g/mol. The van der Waals surface area contributed by atoms with E-state index in [0.29, 0.717) is 10.0 Å². The van der Waals surface area contributed by atoms with E-state index in [9.17, 15) is 9.18 Å². The topological polar surface area (TPSA) is 29.1 Å². The molecule has 0 heterocycles. The maximum absolute atomic E-state index is 13.6. The minimum absolute atomic E-state index is 0.139. The van der Waals surface area contributed by atoms with Gasteiger partial charge in [0.2, 0.25) is 0 Å². The first-order valence-corrected chi connectivity index (χ1v) is 4.99. The summed E-state index contributed by atoms with van der Waals surface area (Å²) in [7, 11) is 1.65. The SMILES string of the molecule is CNCC(=O)c1ccc(Br)c(C)c1F. The molecule has 0 atom stereocenters. The molecule has 0 aliphatic carbocycles. The monoisotopic (exact) mass is 259 g/mol. The number of Topliss-reactive ketones (excluding diaryl/α,β-unsaturated/α-hetero) is 1. The van der Waals surface area contributed by atoms with Gasteiger partial charge in [0.25, 0.3) is 0 Å². The molecule has 1 aromatic carbocycles. The van der Waals surface area contributed by atoms with Crippen molar-refractivity contribution < 1.29 is 9.18 Å². The number of likely N-dealkylation sites (N-methyl/N-ethyl adjacent to an activating group) is 1. The predicted molar refractivity (Wildman–Crippen MR) is 57.1 cm³/mol. The first-order chi connectivity index (χ1) is 6.57. The maximum Gasteiger partial charge on any atom is 0.179 e. The third-order valence-corrected chi connectivity index (χ3v) is 2.82. The van der Waals surface area contributed by atoms with Crippen LogP contribution in [0.5, 0.6) is 0 Å². The number of halogens is 2. The Kier molecular flexibility index (Phi) is 3.77. The molecule has 1 N–H and O–H groups in total. The molecule has 1 aromatic rings. The number of rotatable bonds is 3. The van der Waals surface area contributed by atoms with Crippen molar-refractivity contribution >= 4 is 21.7 Å². The van der Waals surface area contributed by atoms with Crippen molar-refractivity contribution in [2.24, 2.45) is 0 Å². The van der Waals surface area contributed by atoms with E-state index >= 15 is 0 Å². The molecule has 0 amide bonds. The van der Waals surface area contributed by atoms with Crippen molar-refractivity contribution in [1.29, 1.82) is 0 Å². The number of hydrogen-bond donors (Lipinski definition) is 1. The van der Waals surface area contributed by atoms with E-state index in [1.807, 2.05) is 0 Å². The summed E-state index contributed by atoms with van der Waals surface area (Å²) >= 11 is 3.20. The van der Waals surface area contributed by atoms with E-state index in [-0.39, 0.29) is 17.9 Å². The highest BCUT2D eigenvalue weighted by atomic mass is 79.9. The molecule has 0 saturated heterocycles. The third kappa shape index (κ3) is 2.19. The fraction of sp³-hybridized carbons (Fsp3) is 0.300.